The molecule has 1 aromatic carbocycles. The summed E-state index contributed by atoms with van der Waals surface area (Å²) >= 11 is 5.72. The number of amides is 1. The van der Waals surface area contributed by atoms with Crippen molar-refractivity contribution in [3.8, 4) is 0 Å². The largest absolute Gasteiger partial charge is 0.366 e. The van der Waals surface area contributed by atoms with Crippen LogP contribution in [0.2, 0.25) is 5.15 Å². The number of aromatic nitrogens is 1. The molecule has 0 aliphatic rings. The van der Waals surface area contributed by atoms with E-state index in [1.807, 2.05) is 0 Å². The van der Waals surface area contributed by atoms with Crippen LogP contribution in [0.1, 0.15) is 10.4 Å². The molecule has 0 fully saturated rings. The summed E-state index contributed by atoms with van der Waals surface area (Å²) in [4.78, 5) is 15.0. The fourth-order valence-corrected chi connectivity index (χ4v) is 1.41. The number of hydrogen-bond donors (Lipinski definition) is 1. The second-order valence-electron chi connectivity index (χ2n) is 2.91. The third-order valence-electron chi connectivity index (χ3n) is 1.94. The number of hydrogen-bond acceptors (Lipinski definition) is 2. The highest BCUT2D eigenvalue weighted by atomic mass is 35.5. The van der Waals surface area contributed by atoms with Crippen LogP contribution in [0.3, 0.4) is 0 Å². The van der Waals surface area contributed by atoms with Crippen molar-refractivity contribution >= 4 is 28.4 Å². The van der Waals surface area contributed by atoms with E-state index >= 15 is 0 Å². The lowest BCUT2D eigenvalue weighted by atomic mass is 10.1. The molecule has 0 unspecified atom stereocenters. The molecule has 0 aliphatic heterocycles. The van der Waals surface area contributed by atoms with Crippen LogP contribution in [-0.4, -0.2) is 10.9 Å². The molecule has 1 amide bonds. The SMILES string of the molecule is NC(=O)c1ccc2nc(Cl)ccc2c1. The minimum absolute atomic E-state index is 0.435. The van der Waals surface area contributed by atoms with E-state index in [9.17, 15) is 4.79 Å². The zero-order valence-corrected chi connectivity index (χ0v) is 7.95. The second-order valence-corrected chi connectivity index (χ2v) is 3.29. The monoisotopic (exact) mass is 206 g/mol. The Morgan fingerprint density at radius 2 is 2.07 bits per heavy atom. The molecular weight excluding hydrogens is 200 g/mol. The van der Waals surface area contributed by atoms with Crippen LogP contribution in [0.5, 0.6) is 0 Å². The molecular formula is C10H7ClN2O. The van der Waals surface area contributed by atoms with Gasteiger partial charge in [-0.25, -0.2) is 4.98 Å². The zero-order valence-electron chi connectivity index (χ0n) is 7.20. The van der Waals surface area contributed by atoms with Gasteiger partial charge in [0.2, 0.25) is 5.91 Å². The maximum Gasteiger partial charge on any atom is 0.248 e. The quantitative estimate of drug-likeness (QED) is 0.726. The van der Waals surface area contributed by atoms with Gasteiger partial charge in [-0.1, -0.05) is 11.6 Å². The molecule has 0 saturated heterocycles. The van der Waals surface area contributed by atoms with Gasteiger partial charge in [-0.3, -0.25) is 4.79 Å². The van der Waals surface area contributed by atoms with Crippen molar-refractivity contribution in [2.75, 3.05) is 0 Å². The molecule has 0 radical (unpaired) electrons. The number of primary amides is 1. The van der Waals surface area contributed by atoms with E-state index in [-0.39, 0.29) is 0 Å². The van der Waals surface area contributed by atoms with Crippen LogP contribution < -0.4 is 5.73 Å². The lowest BCUT2D eigenvalue weighted by Crippen LogP contribution is -2.10. The highest BCUT2D eigenvalue weighted by Gasteiger charge is 2.02. The number of fused-ring (bicyclic) bond motifs is 1. The summed E-state index contributed by atoms with van der Waals surface area (Å²) < 4.78 is 0. The molecule has 0 spiro atoms. The Kier molecular flexibility index (Phi) is 2.09. The van der Waals surface area contributed by atoms with Gasteiger partial charge in [0.1, 0.15) is 5.15 Å². The van der Waals surface area contributed by atoms with Crippen LogP contribution in [0.15, 0.2) is 30.3 Å². The standard InChI is InChI=1S/C10H7ClN2O/c11-9-4-2-6-5-7(10(12)14)1-3-8(6)13-9/h1-5H,(H2,12,14). The van der Waals surface area contributed by atoms with Crippen LogP contribution in [-0.2, 0) is 0 Å². The van der Waals surface area contributed by atoms with E-state index < -0.39 is 5.91 Å². The Morgan fingerprint density at radius 3 is 2.79 bits per heavy atom. The number of pyridine rings is 1. The maximum atomic E-state index is 10.9. The number of rotatable bonds is 1. The molecule has 70 valence electrons. The summed E-state index contributed by atoms with van der Waals surface area (Å²) in [5.41, 5.74) is 6.38. The predicted molar refractivity (Wildman–Crippen MR) is 55.3 cm³/mol. The van der Waals surface area contributed by atoms with Crippen LogP contribution in [0.4, 0.5) is 0 Å². The van der Waals surface area contributed by atoms with Gasteiger partial charge >= 0.3 is 0 Å². The molecule has 0 aliphatic carbocycles. The van der Waals surface area contributed by atoms with Gasteiger partial charge in [-0.2, -0.15) is 0 Å². The highest BCUT2D eigenvalue weighted by molar-refractivity contribution is 6.29. The molecule has 0 atom stereocenters. The molecule has 1 heterocycles. The topological polar surface area (TPSA) is 56.0 Å². The average molecular weight is 207 g/mol. The Bertz CT molecular complexity index is 510. The minimum atomic E-state index is -0.443. The number of nitrogens with zero attached hydrogens (tertiary/aromatic N) is 1. The average Bonchev–Trinajstić information content (AvgIpc) is 2.16. The fourth-order valence-electron chi connectivity index (χ4n) is 1.25. The molecule has 1 aromatic heterocycles. The maximum absolute atomic E-state index is 10.9. The Balaban J connectivity index is 2.67. The summed E-state index contributed by atoms with van der Waals surface area (Å²) in [6.07, 6.45) is 0. The predicted octanol–water partition coefficient (Wildman–Crippen LogP) is 1.99. The molecule has 3 nitrogen and oxygen atoms in total. The first-order chi connectivity index (χ1) is 6.66. The van der Waals surface area contributed by atoms with Gasteiger partial charge in [0.25, 0.3) is 0 Å². The van der Waals surface area contributed by atoms with Crippen LogP contribution in [0, 0.1) is 0 Å². The molecule has 14 heavy (non-hydrogen) atoms. The second kappa shape index (κ2) is 3.27. The van der Waals surface area contributed by atoms with Crippen LogP contribution in [0.25, 0.3) is 10.9 Å². The van der Waals surface area contributed by atoms with Crippen molar-refractivity contribution in [3.63, 3.8) is 0 Å². The van der Waals surface area contributed by atoms with E-state index in [4.69, 9.17) is 17.3 Å². The van der Waals surface area contributed by atoms with Gasteiger partial charge in [-0.15, -0.1) is 0 Å². The van der Waals surface area contributed by atoms with Crippen molar-refractivity contribution in [2.24, 2.45) is 5.73 Å². The molecule has 4 heteroatoms. The number of halogens is 1. The Labute approximate surface area is 85.5 Å². The smallest absolute Gasteiger partial charge is 0.248 e. The molecule has 0 saturated carbocycles. The lowest BCUT2D eigenvalue weighted by Gasteiger charge is -1.99. The summed E-state index contributed by atoms with van der Waals surface area (Å²) in [6, 6.07) is 8.53. The molecule has 2 N–H and O–H groups in total. The van der Waals surface area contributed by atoms with Gasteiger partial charge in [0, 0.05) is 10.9 Å². The van der Waals surface area contributed by atoms with Crippen molar-refractivity contribution in [1.29, 1.82) is 0 Å². The van der Waals surface area contributed by atoms with Gasteiger partial charge in [0.05, 0.1) is 5.52 Å². The van der Waals surface area contributed by atoms with E-state index in [2.05, 4.69) is 4.98 Å². The molecule has 2 aromatic rings. The summed E-state index contributed by atoms with van der Waals surface area (Å²) in [5, 5.41) is 1.29. The Hall–Kier alpha value is -1.61. The van der Waals surface area contributed by atoms with E-state index in [1.54, 1.807) is 30.3 Å². The lowest BCUT2D eigenvalue weighted by molar-refractivity contribution is 0.100. The van der Waals surface area contributed by atoms with E-state index in [1.165, 1.54) is 0 Å². The van der Waals surface area contributed by atoms with Gasteiger partial charge in [0.15, 0.2) is 0 Å². The first-order valence-electron chi connectivity index (χ1n) is 4.03. The van der Waals surface area contributed by atoms with Crippen molar-refractivity contribution in [1.82, 2.24) is 4.98 Å². The minimum Gasteiger partial charge on any atom is -0.366 e. The number of carbonyl (C=O) groups excluding carboxylic acids is 1. The molecule has 2 rings (SSSR count). The normalized spacial score (nSPS) is 10.4. The fraction of sp³-hybridized carbons (Fsp3) is 0. The van der Waals surface area contributed by atoms with Gasteiger partial charge < -0.3 is 5.73 Å². The number of benzene rings is 1. The number of nitrogens with two attached hydrogens (primary N) is 1. The zero-order chi connectivity index (χ0) is 10.1. The van der Waals surface area contributed by atoms with Crippen LogP contribution >= 0.6 is 11.6 Å². The van der Waals surface area contributed by atoms with Crippen molar-refractivity contribution < 1.29 is 4.79 Å². The summed E-state index contributed by atoms with van der Waals surface area (Å²) in [6.45, 7) is 0. The van der Waals surface area contributed by atoms with E-state index in [0.717, 1.165) is 10.9 Å². The van der Waals surface area contributed by atoms with Crippen molar-refractivity contribution in [2.45, 2.75) is 0 Å². The first-order valence-corrected chi connectivity index (χ1v) is 4.41. The summed E-state index contributed by atoms with van der Waals surface area (Å²) in [7, 11) is 0. The van der Waals surface area contributed by atoms with Crippen molar-refractivity contribution in [3.05, 3.63) is 41.0 Å². The third kappa shape index (κ3) is 1.54. The summed E-state index contributed by atoms with van der Waals surface area (Å²) in [5.74, 6) is -0.443. The third-order valence-corrected chi connectivity index (χ3v) is 2.15. The first kappa shape index (κ1) is 8.97. The number of carbonyl (C=O) groups is 1. The Morgan fingerprint density at radius 1 is 1.29 bits per heavy atom. The molecule has 0 bridgehead atoms. The van der Waals surface area contributed by atoms with Gasteiger partial charge in [-0.05, 0) is 30.3 Å². The van der Waals surface area contributed by atoms with E-state index in [0.29, 0.717) is 10.7 Å². The highest BCUT2D eigenvalue weighted by Crippen LogP contribution is 2.16.